The largest absolute Gasteiger partial charge is 0.344 e. The van der Waals surface area contributed by atoms with Crippen molar-refractivity contribution in [2.75, 3.05) is 0 Å². The van der Waals surface area contributed by atoms with Gasteiger partial charge in [0.15, 0.2) is 6.67 Å². The van der Waals surface area contributed by atoms with Crippen LogP contribution < -0.4 is 5.32 Å². The highest BCUT2D eigenvalue weighted by atomic mass is 16.2. The van der Waals surface area contributed by atoms with E-state index in [9.17, 15) is 4.79 Å². The van der Waals surface area contributed by atoms with Crippen molar-refractivity contribution in [1.82, 2.24) is 35.3 Å². The molecule has 0 aliphatic heterocycles. The minimum Gasteiger partial charge on any atom is -0.344 e. The summed E-state index contributed by atoms with van der Waals surface area (Å²) < 4.78 is 1.61. The summed E-state index contributed by atoms with van der Waals surface area (Å²) in [5, 5.41) is 19.9. The molecule has 1 amide bonds. The van der Waals surface area contributed by atoms with Gasteiger partial charge in [0.25, 0.3) is 5.91 Å². The molecule has 2 heterocycles. The maximum atomic E-state index is 12.6. The van der Waals surface area contributed by atoms with Crippen molar-refractivity contribution < 1.29 is 4.79 Å². The van der Waals surface area contributed by atoms with Crippen molar-refractivity contribution >= 4 is 5.91 Å². The van der Waals surface area contributed by atoms with Crippen LogP contribution in [-0.2, 0) is 6.67 Å². The number of nitrogens with zero attached hydrogens (tertiary/aromatic N) is 6. The number of hydrogen-bond donors (Lipinski definition) is 1. The second-order valence-electron chi connectivity index (χ2n) is 6.58. The Kier molecular flexibility index (Phi) is 5.42. The topological polar surface area (TPSA) is 90.5 Å². The van der Waals surface area contributed by atoms with Gasteiger partial charge in [-0.25, -0.2) is 4.68 Å². The van der Waals surface area contributed by atoms with Gasteiger partial charge in [0.05, 0.1) is 6.04 Å². The van der Waals surface area contributed by atoms with Gasteiger partial charge < -0.3 is 5.32 Å². The molecule has 0 saturated heterocycles. The van der Waals surface area contributed by atoms with Crippen molar-refractivity contribution in [3.63, 3.8) is 0 Å². The molecule has 29 heavy (non-hydrogen) atoms. The molecule has 1 unspecified atom stereocenters. The summed E-state index contributed by atoms with van der Waals surface area (Å²) in [5.74, 6) is 0.334. The maximum absolute atomic E-state index is 12.6. The highest BCUT2D eigenvalue weighted by Crippen LogP contribution is 2.16. The smallest absolute Gasteiger partial charge is 0.272 e. The molecule has 2 aromatic carbocycles. The second kappa shape index (κ2) is 8.47. The van der Waals surface area contributed by atoms with E-state index in [1.165, 1.54) is 4.80 Å². The van der Waals surface area contributed by atoms with E-state index >= 15 is 0 Å². The van der Waals surface area contributed by atoms with Gasteiger partial charge in [0.1, 0.15) is 5.69 Å². The Bertz CT molecular complexity index is 1070. The Morgan fingerprint density at radius 2 is 1.72 bits per heavy atom. The van der Waals surface area contributed by atoms with Crippen molar-refractivity contribution in [2.45, 2.75) is 26.1 Å². The zero-order valence-electron chi connectivity index (χ0n) is 16.0. The van der Waals surface area contributed by atoms with Gasteiger partial charge in [0.2, 0.25) is 5.82 Å². The molecule has 1 N–H and O–H groups in total. The fourth-order valence-corrected chi connectivity index (χ4v) is 3.04. The molecule has 2 aromatic heterocycles. The molecule has 0 aliphatic carbocycles. The zero-order valence-corrected chi connectivity index (χ0v) is 16.0. The molecule has 0 spiro atoms. The zero-order chi connectivity index (χ0) is 20.1. The molecule has 8 heteroatoms. The molecule has 0 saturated carbocycles. The molecule has 4 aromatic rings. The minimum absolute atomic E-state index is 0.0562. The van der Waals surface area contributed by atoms with Crippen LogP contribution >= 0.6 is 0 Å². The van der Waals surface area contributed by atoms with Crippen LogP contribution in [-0.4, -0.2) is 35.9 Å². The molecule has 1 atom stereocenters. The summed E-state index contributed by atoms with van der Waals surface area (Å²) in [6.07, 6.45) is 2.52. The van der Waals surface area contributed by atoms with Crippen LogP contribution in [0.1, 0.15) is 35.4 Å². The highest BCUT2D eigenvalue weighted by molar-refractivity contribution is 5.92. The molecule has 0 aliphatic rings. The van der Waals surface area contributed by atoms with Gasteiger partial charge in [-0.1, -0.05) is 67.6 Å². The van der Waals surface area contributed by atoms with E-state index in [4.69, 9.17) is 0 Å². The number of amides is 1. The maximum Gasteiger partial charge on any atom is 0.272 e. The summed E-state index contributed by atoms with van der Waals surface area (Å²) in [4.78, 5) is 14.0. The molecule has 0 bridgehead atoms. The Hall–Kier alpha value is -3.81. The van der Waals surface area contributed by atoms with Crippen LogP contribution in [0.2, 0.25) is 0 Å². The van der Waals surface area contributed by atoms with Crippen molar-refractivity contribution in [3.8, 4) is 11.4 Å². The molecule has 0 fully saturated rings. The fourth-order valence-electron chi connectivity index (χ4n) is 3.04. The number of tetrazole rings is 1. The van der Waals surface area contributed by atoms with Crippen LogP contribution in [0.25, 0.3) is 11.4 Å². The van der Waals surface area contributed by atoms with E-state index < -0.39 is 0 Å². The molecule has 146 valence electrons. The van der Waals surface area contributed by atoms with Crippen molar-refractivity contribution in [3.05, 3.63) is 84.2 Å². The average molecular weight is 387 g/mol. The summed E-state index contributed by atoms with van der Waals surface area (Å²) >= 11 is 0. The lowest BCUT2D eigenvalue weighted by Crippen LogP contribution is -2.28. The average Bonchev–Trinajstić information content (AvgIpc) is 3.43. The second-order valence-corrected chi connectivity index (χ2v) is 6.58. The molecular weight excluding hydrogens is 366 g/mol. The summed E-state index contributed by atoms with van der Waals surface area (Å²) in [6.45, 7) is 2.31. The fraction of sp³-hybridized carbons (Fsp3) is 0.190. The number of hydrogen-bond acceptors (Lipinski definition) is 5. The van der Waals surface area contributed by atoms with Gasteiger partial charge >= 0.3 is 0 Å². The molecule has 4 rings (SSSR count). The number of rotatable bonds is 7. The first-order valence-corrected chi connectivity index (χ1v) is 9.45. The molecule has 8 nitrogen and oxygen atoms in total. The number of carbonyl (C=O) groups excluding carboxylic acids is 1. The highest BCUT2D eigenvalue weighted by Gasteiger charge is 2.16. The lowest BCUT2D eigenvalue weighted by Gasteiger charge is -2.16. The Balaban J connectivity index is 1.42. The Labute approximate surface area is 168 Å². The van der Waals surface area contributed by atoms with E-state index in [1.54, 1.807) is 16.9 Å². The van der Waals surface area contributed by atoms with E-state index in [-0.39, 0.29) is 18.6 Å². The first-order valence-electron chi connectivity index (χ1n) is 9.45. The van der Waals surface area contributed by atoms with E-state index in [0.717, 1.165) is 17.5 Å². The number of benzene rings is 2. The minimum atomic E-state index is -0.212. The number of nitrogens with one attached hydrogen (secondary N) is 1. The van der Waals surface area contributed by atoms with Gasteiger partial charge in [-0.2, -0.15) is 5.10 Å². The summed E-state index contributed by atoms with van der Waals surface area (Å²) in [6, 6.07) is 21.2. The lowest BCUT2D eigenvalue weighted by atomic mass is 10.0. The van der Waals surface area contributed by atoms with Crippen LogP contribution in [0.15, 0.2) is 72.9 Å². The first kappa shape index (κ1) is 18.5. The number of carbonyl (C=O) groups is 1. The Morgan fingerprint density at radius 3 is 2.45 bits per heavy atom. The SMILES string of the molecule is CCC(NC(=O)c1ccn(Cn2nnc(-c3ccccc3)n2)n1)c1ccccc1. The van der Waals surface area contributed by atoms with Crippen LogP contribution in [0.4, 0.5) is 0 Å². The molecular formula is C21H21N7O. The van der Waals surface area contributed by atoms with E-state index in [1.807, 2.05) is 67.6 Å². The predicted molar refractivity (Wildman–Crippen MR) is 108 cm³/mol. The van der Waals surface area contributed by atoms with E-state index in [2.05, 4.69) is 25.8 Å². The normalized spacial score (nSPS) is 11.9. The van der Waals surface area contributed by atoms with E-state index in [0.29, 0.717) is 11.5 Å². The quantitative estimate of drug-likeness (QED) is 0.526. The third-order valence-electron chi connectivity index (χ3n) is 4.55. The first-order chi connectivity index (χ1) is 14.2. The van der Waals surface area contributed by atoms with Crippen molar-refractivity contribution in [1.29, 1.82) is 0 Å². The standard InChI is InChI=1S/C21H21N7O/c1-2-18(16-9-5-3-6-10-16)22-21(29)19-13-14-27(24-19)15-28-25-20(23-26-28)17-11-7-4-8-12-17/h3-14,18H,2,15H2,1H3,(H,22,29). The lowest BCUT2D eigenvalue weighted by molar-refractivity contribution is 0.0929. The number of aromatic nitrogens is 6. The van der Waals surface area contributed by atoms with Crippen LogP contribution in [0.5, 0.6) is 0 Å². The van der Waals surface area contributed by atoms with Gasteiger partial charge in [0, 0.05) is 11.8 Å². The van der Waals surface area contributed by atoms with Gasteiger partial charge in [-0.15, -0.1) is 15.0 Å². The van der Waals surface area contributed by atoms with Crippen molar-refractivity contribution in [2.24, 2.45) is 0 Å². The van der Waals surface area contributed by atoms with Crippen LogP contribution in [0, 0.1) is 0 Å². The van der Waals surface area contributed by atoms with Gasteiger partial charge in [-0.05, 0) is 23.3 Å². The summed E-state index contributed by atoms with van der Waals surface area (Å²) in [5.41, 5.74) is 2.32. The summed E-state index contributed by atoms with van der Waals surface area (Å²) in [7, 11) is 0. The Morgan fingerprint density at radius 1 is 1.00 bits per heavy atom. The monoisotopic (exact) mass is 387 g/mol. The third-order valence-corrected chi connectivity index (χ3v) is 4.55. The predicted octanol–water partition coefficient (Wildman–Crippen LogP) is 2.92. The third kappa shape index (κ3) is 4.37. The molecule has 0 radical (unpaired) electrons. The van der Waals surface area contributed by atoms with Crippen LogP contribution in [0.3, 0.4) is 0 Å². The van der Waals surface area contributed by atoms with Gasteiger partial charge in [-0.3, -0.25) is 4.79 Å².